The molecule has 1 aliphatic heterocycles. The first-order valence-electron chi connectivity index (χ1n) is 3.36. The zero-order valence-electron chi connectivity index (χ0n) is 6.49. The van der Waals surface area contributed by atoms with Crippen molar-refractivity contribution >= 4 is 33.8 Å². The Morgan fingerprint density at radius 3 is 3.00 bits per heavy atom. The molecule has 0 saturated heterocycles. The molecule has 6 heteroatoms. The van der Waals surface area contributed by atoms with Gasteiger partial charge in [-0.15, -0.1) is 0 Å². The molecule has 12 heavy (non-hydrogen) atoms. The van der Waals surface area contributed by atoms with Crippen LogP contribution in [0, 0.1) is 0 Å². The van der Waals surface area contributed by atoms with Gasteiger partial charge in [0.2, 0.25) is 3.90 Å². The number of alkyl halides is 1. The Morgan fingerprint density at radius 2 is 2.58 bits per heavy atom. The van der Waals surface area contributed by atoms with Crippen molar-refractivity contribution in [2.75, 3.05) is 6.61 Å². The summed E-state index contributed by atoms with van der Waals surface area (Å²) in [6.45, 7) is 2.09. The fraction of sp³-hybridized carbons (Fsp3) is 0.500. The average molecular weight is 253 g/mol. The van der Waals surface area contributed by atoms with E-state index >= 15 is 0 Å². The summed E-state index contributed by atoms with van der Waals surface area (Å²) in [5.41, 5.74) is 5.70. The molecule has 0 aliphatic carbocycles. The van der Waals surface area contributed by atoms with E-state index in [1.54, 1.807) is 18.5 Å². The van der Waals surface area contributed by atoms with Gasteiger partial charge in [0.15, 0.2) is 0 Å². The number of hydrogen-bond acceptors (Lipinski definition) is 4. The molecule has 0 aromatic rings. The van der Waals surface area contributed by atoms with Crippen molar-refractivity contribution in [3.63, 3.8) is 0 Å². The van der Waals surface area contributed by atoms with E-state index in [1.165, 1.54) is 16.7 Å². The third-order valence-electron chi connectivity index (χ3n) is 1.24. The van der Waals surface area contributed by atoms with E-state index in [9.17, 15) is 4.79 Å². The minimum Gasteiger partial charge on any atom is -0.449 e. The molecular formula is C6H9BrN2O2S. The lowest BCUT2D eigenvalue weighted by Crippen LogP contribution is -2.46. The topological polar surface area (TPSA) is 55.6 Å². The summed E-state index contributed by atoms with van der Waals surface area (Å²) < 4.78 is 3.88. The molecule has 0 aromatic carbocycles. The second kappa shape index (κ2) is 3.68. The third kappa shape index (κ3) is 1.94. The fourth-order valence-electron chi connectivity index (χ4n) is 0.723. The van der Waals surface area contributed by atoms with Gasteiger partial charge in [0, 0.05) is 6.20 Å². The molecule has 0 bridgehead atoms. The molecule has 0 aromatic heterocycles. The molecule has 4 nitrogen and oxygen atoms in total. The van der Waals surface area contributed by atoms with Crippen LogP contribution in [0.4, 0.5) is 4.79 Å². The first kappa shape index (κ1) is 9.88. The number of nitrogens with two attached hydrogens (primary N) is 1. The molecule has 0 spiro atoms. The van der Waals surface area contributed by atoms with E-state index in [4.69, 9.17) is 10.5 Å². The highest BCUT2D eigenvalue weighted by molar-refractivity contribution is 9.11. The van der Waals surface area contributed by atoms with Crippen molar-refractivity contribution in [2.24, 2.45) is 5.73 Å². The number of carbonyl (C=O) groups excluding carboxylic acids is 1. The maximum atomic E-state index is 11.2. The van der Waals surface area contributed by atoms with Crippen LogP contribution in [0.3, 0.4) is 0 Å². The predicted octanol–water partition coefficient (Wildman–Crippen LogP) is 1.63. The zero-order chi connectivity index (χ0) is 9.19. The molecule has 0 fully saturated rings. The maximum Gasteiger partial charge on any atom is 0.416 e. The van der Waals surface area contributed by atoms with Crippen LogP contribution in [0.2, 0.25) is 0 Å². The number of halogens is 1. The predicted molar refractivity (Wildman–Crippen MR) is 51.4 cm³/mol. The van der Waals surface area contributed by atoms with Crippen molar-refractivity contribution in [3.05, 3.63) is 11.6 Å². The van der Waals surface area contributed by atoms with Crippen molar-refractivity contribution in [2.45, 2.75) is 10.8 Å². The van der Waals surface area contributed by atoms with Crippen molar-refractivity contribution in [3.8, 4) is 0 Å². The number of hydrogen-bond donors (Lipinski definition) is 1. The van der Waals surface area contributed by atoms with Gasteiger partial charge in [-0.2, -0.15) is 0 Å². The summed E-state index contributed by atoms with van der Waals surface area (Å²) in [6, 6.07) is 0. The van der Waals surface area contributed by atoms with E-state index in [-0.39, 0.29) is 0 Å². The molecule has 2 N–H and O–H groups in total. The molecule has 1 rings (SSSR count). The molecule has 0 saturated carbocycles. The van der Waals surface area contributed by atoms with Gasteiger partial charge in [0.1, 0.15) is 0 Å². The van der Waals surface area contributed by atoms with E-state index in [2.05, 4.69) is 15.9 Å². The molecule has 68 valence electrons. The van der Waals surface area contributed by atoms with Gasteiger partial charge in [-0.1, -0.05) is 11.8 Å². The van der Waals surface area contributed by atoms with Gasteiger partial charge in [-0.05, 0) is 28.3 Å². The Bertz CT molecular complexity index is 220. The van der Waals surface area contributed by atoms with Crippen LogP contribution in [0.15, 0.2) is 11.6 Å². The number of carbonyl (C=O) groups is 1. The highest BCUT2D eigenvalue weighted by Gasteiger charge is 2.36. The van der Waals surface area contributed by atoms with E-state index in [0.717, 1.165) is 0 Å². The molecule has 0 radical (unpaired) electrons. The highest BCUT2D eigenvalue weighted by atomic mass is 79.9. The van der Waals surface area contributed by atoms with Crippen molar-refractivity contribution < 1.29 is 9.53 Å². The minimum absolute atomic E-state index is 0.344. The Morgan fingerprint density at radius 1 is 1.92 bits per heavy atom. The van der Waals surface area contributed by atoms with Crippen LogP contribution in [0.5, 0.6) is 0 Å². The monoisotopic (exact) mass is 252 g/mol. The summed E-state index contributed by atoms with van der Waals surface area (Å²) >= 11 is 4.48. The van der Waals surface area contributed by atoms with E-state index in [0.29, 0.717) is 6.61 Å². The minimum atomic E-state index is -0.890. The second-order valence-corrected chi connectivity index (χ2v) is 4.95. The fourth-order valence-corrected chi connectivity index (χ4v) is 1.93. The Kier molecular flexibility index (Phi) is 3.03. The summed E-state index contributed by atoms with van der Waals surface area (Å²) in [4.78, 5) is 12.5. The summed E-state index contributed by atoms with van der Waals surface area (Å²) in [7, 11) is 0. The second-order valence-electron chi connectivity index (χ2n) is 2.08. The highest BCUT2D eigenvalue weighted by Crippen LogP contribution is 2.37. The third-order valence-corrected chi connectivity index (χ3v) is 2.96. The maximum absolute atomic E-state index is 11.2. The van der Waals surface area contributed by atoms with Crippen molar-refractivity contribution in [1.29, 1.82) is 0 Å². The average Bonchev–Trinajstić information content (AvgIpc) is 2.30. The lowest BCUT2D eigenvalue weighted by Gasteiger charge is -2.26. The van der Waals surface area contributed by atoms with Crippen molar-refractivity contribution in [1.82, 2.24) is 4.90 Å². The summed E-state index contributed by atoms with van der Waals surface area (Å²) in [6.07, 6.45) is 1.13. The zero-order valence-corrected chi connectivity index (χ0v) is 8.89. The van der Waals surface area contributed by atoms with Crippen LogP contribution in [0.25, 0.3) is 0 Å². The number of amides is 1. The molecule has 1 heterocycles. The van der Waals surface area contributed by atoms with Crippen LogP contribution in [0.1, 0.15) is 6.92 Å². The van der Waals surface area contributed by atoms with Gasteiger partial charge in [0.25, 0.3) is 0 Å². The Hall–Kier alpha value is -0.200. The number of nitrogens with zero attached hydrogens (tertiary/aromatic N) is 1. The van der Waals surface area contributed by atoms with Gasteiger partial charge < -0.3 is 4.74 Å². The number of ether oxygens (including phenoxy) is 1. The van der Waals surface area contributed by atoms with Gasteiger partial charge in [-0.25, -0.2) is 9.69 Å². The number of rotatable bonds is 1. The van der Waals surface area contributed by atoms with Gasteiger partial charge >= 0.3 is 6.09 Å². The van der Waals surface area contributed by atoms with E-state index in [1.807, 2.05) is 0 Å². The molecule has 1 amide bonds. The molecule has 1 unspecified atom stereocenters. The first-order valence-corrected chi connectivity index (χ1v) is 5.03. The lowest BCUT2D eigenvalue weighted by molar-refractivity contribution is 0.118. The largest absolute Gasteiger partial charge is 0.449 e. The smallest absolute Gasteiger partial charge is 0.416 e. The summed E-state index contributed by atoms with van der Waals surface area (Å²) in [5, 5.41) is 1.73. The Balaban J connectivity index is 2.62. The quantitative estimate of drug-likeness (QED) is 0.570. The van der Waals surface area contributed by atoms with Crippen LogP contribution in [-0.4, -0.2) is 21.5 Å². The standard InChI is InChI=1S/C6H9BrN2O2S/c1-2-11-5(10)9-3-4-12-6(9,7)8/h3-4H,2,8H2,1H3. The van der Waals surface area contributed by atoms with Crippen LogP contribution < -0.4 is 5.73 Å². The molecular weight excluding hydrogens is 244 g/mol. The normalized spacial score (nSPS) is 27.8. The lowest BCUT2D eigenvalue weighted by atomic mass is 10.7. The van der Waals surface area contributed by atoms with E-state index < -0.39 is 10.00 Å². The first-order chi connectivity index (χ1) is 5.58. The Labute approximate surface area is 83.2 Å². The summed E-state index contributed by atoms with van der Waals surface area (Å²) in [5.74, 6) is 0. The SMILES string of the molecule is CCOC(=O)N1C=CSC1(N)Br. The van der Waals surface area contributed by atoms with Gasteiger partial charge in [0.05, 0.1) is 6.61 Å². The van der Waals surface area contributed by atoms with Gasteiger partial charge in [-0.3, -0.25) is 5.73 Å². The number of thioether (sulfide) groups is 1. The van der Waals surface area contributed by atoms with Crippen LogP contribution >= 0.6 is 27.7 Å². The molecule has 1 atom stereocenters. The molecule has 1 aliphatic rings. The van der Waals surface area contributed by atoms with Crippen LogP contribution in [-0.2, 0) is 4.74 Å².